The van der Waals surface area contributed by atoms with E-state index in [-0.39, 0.29) is 48.6 Å². The SMILES string of the molecule is CC(C)C(=O)OCC1(c2ccc(-c3nc4cc(O[C@@H]5CO[C@H]6[C@@H]5OC[C@H]6OC(=O)C(C)C)n(COCC[Si](C)(C)C)c4cc3Cl)cc2)CC1. The van der Waals surface area contributed by atoms with Crippen LogP contribution in [0.5, 0.6) is 5.88 Å². The molecule has 0 radical (unpaired) electrons. The number of benzene rings is 1. The van der Waals surface area contributed by atoms with Gasteiger partial charge in [0.15, 0.2) is 18.1 Å². The molecule has 3 aliphatic rings. The molecule has 266 valence electrons. The van der Waals surface area contributed by atoms with Gasteiger partial charge in [-0.2, -0.15) is 0 Å². The van der Waals surface area contributed by atoms with Crippen LogP contribution >= 0.6 is 11.6 Å². The first-order valence-corrected chi connectivity index (χ1v) is 21.5. The number of carbonyl (C=O) groups excluding carboxylic acids is 2. The molecule has 4 heterocycles. The topological polar surface area (TPSA) is 107 Å². The van der Waals surface area contributed by atoms with Crippen molar-refractivity contribution in [2.24, 2.45) is 11.8 Å². The largest absolute Gasteiger partial charge is 0.470 e. The molecule has 3 aromatic rings. The lowest BCUT2D eigenvalue weighted by atomic mass is 9.95. The maximum Gasteiger partial charge on any atom is 0.308 e. The predicted octanol–water partition coefficient (Wildman–Crippen LogP) is 7.01. The summed E-state index contributed by atoms with van der Waals surface area (Å²) >= 11 is 6.93. The van der Waals surface area contributed by atoms with Crippen LogP contribution in [0, 0.1) is 11.8 Å². The molecule has 0 bridgehead atoms. The van der Waals surface area contributed by atoms with Crippen LogP contribution in [0.4, 0.5) is 0 Å². The lowest BCUT2D eigenvalue weighted by Gasteiger charge is -2.20. The van der Waals surface area contributed by atoms with Gasteiger partial charge in [-0.1, -0.05) is 83.2 Å². The van der Waals surface area contributed by atoms with Gasteiger partial charge in [-0.25, -0.2) is 4.98 Å². The molecule has 2 aliphatic heterocycles. The first-order valence-electron chi connectivity index (χ1n) is 17.4. The van der Waals surface area contributed by atoms with E-state index in [0.29, 0.717) is 36.4 Å². The van der Waals surface area contributed by atoms with Crippen LogP contribution in [0.2, 0.25) is 30.7 Å². The van der Waals surface area contributed by atoms with Crippen LogP contribution in [0.15, 0.2) is 36.4 Å². The summed E-state index contributed by atoms with van der Waals surface area (Å²) in [5.41, 5.74) is 4.10. The van der Waals surface area contributed by atoms with Gasteiger partial charge in [0.05, 0.1) is 46.8 Å². The number of hydrogen-bond donors (Lipinski definition) is 0. The number of pyridine rings is 1. The Hall–Kier alpha value is -2.96. The quantitative estimate of drug-likeness (QED) is 0.0991. The predicted molar refractivity (Wildman–Crippen MR) is 190 cm³/mol. The minimum Gasteiger partial charge on any atom is -0.470 e. The molecule has 1 saturated carbocycles. The Balaban J connectivity index is 1.23. The van der Waals surface area contributed by atoms with Crippen molar-refractivity contribution in [2.75, 3.05) is 26.4 Å². The Bertz CT molecular complexity index is 1660. The van der Waals surface area contributed by atoms with Crippen molar-refractivity contribution in [3.05, 3.63) is 47.0 Å². The van der Waals surface area contributed by atoms with Gasteiger partial charge in [0, 0.05) is 31.7 Å². The molecular weight excluding hydrogens is 664 g/mol. The van der Waals surface area contributed by atoms with E-state index >= 15 is 0 Å². The number of ether oxygens (including phenoxy) is 6. The van der Waals surface area contributed by atoms with Gasteiger partial charge in [0.25, 0.3) is 0 Å². The first kappa shape index (κ1) is 35.8. The third-order valence-corrected chi connectivity index (χ3v) is 11.6. The van der Waals surface area contributed by atoms with Crippen molar-refractivity contribution in [3.63, 3.8) is 0 Å². The fourth-order valence-electron chi connectivity index (χ4n) is 6.19. The number of aromatic nitrogens is 2. The number of carbonyl (C=O) groups is 2. The maximum atomic E-state index is 12.3. The summed E-state index contributed by atoms with van der Waals surface area (Å²) in [4.78, 5) is 29.4. The van der Waals surface area contributed by atoms with Gasteiger partial charge in [0.1, 0.15) is 25.5 Å². The second kappa shape index (κ2) is 14.3. The molecule has 1 aliphatic carbocycles. The van der Waals surface area contributed by atoms with Crippen LogP contribution in [0.3, 0.4) is 0 Å². The van der Waals surface area contributed by atoms with Crippen LogP contribution in [-0.4, -0.2) is 80.4 Å². The monoisotopic (exact) mass is 712 g/mol. The molecule has 1 aromatic carbocycles. The Morgan fingerprint density at radius 3 is 2.27 bits per heavy atom. The highest BCUT2D eigenvalue weighted by Gasteiger charge is 2.51. The molecule has 0 unspecified atom stereocenters. The highest BCUT2D eigenvalue weighted by molar-refractivity contribution is 6.76. The van der Waals surface area contributed by atoms with Crippen molar-refractivity contribution in [1.29, 1.82) is 0 Å². The van der Waals surface area contributed by atoms with Gasteiger partial charge in [0.2, 0.25) is 0 Å². The Labute approximate surface area is 294 Å². The van der Waals surface area contributed by atoms with E-state index in [2.05, 4.69) is 31.8 Å². The molecule has 10 nitrogen and oxygen atoms in total. The summed E-state index contributed by atoms with van der Waals surface area (Å²) in [6.45, 7) is 16.2. The second-order valence-corrected chi connectivity index (χ2v) is 21.5. The smallest absolute Gasteiger partial charge is 0.308 e. The minimum absolute atomic E-state index is 0.120. The summed E-state index contributed by atoms with van der Waals surface area (Å²) in [6, 6.07) is 13.1. The van der Waals surface area contributed by atoms with Crippen molar-refractivity contribution in [1.82, 2.24) is 9.55 Å². The van der Waals surface area contributed by atoms with E-state index in [4.69, 9.17) is 45.0 Å². The average Bonchev–Trinajstić information content (AvgIpc) is 3.41. The molecule has 0 N–H and O–H groups in total. The summed E-state index contributed by atoms with van der Waals surface area (Å²) in [5, 5.41) is 0.512. The van der Waals surface area contributed by atoms with Gasteiger partial charge >= 0.3 is 11.9 Å². The van der Waals surface area contributed by atoms with Crippen LogP contribution < -0.4 is 4.74 Å². The second-order valence-electron chi connectivity index (χ2n) is 15.5. The summed E-state index contributed by atoms with van der Waals surface area (Å²) in [5.74, 6) is -0.248. The van der Waals surface area contributed by atoms with Crippen LogP contribution in [-0.2, 0) is 45.4 Å². The molecule has 2 aromatic heterocycles. The lowest BCUT2D eigenvalue weighted by Crippen LogP contribution is -2.37. The third kappa shape index (κ3) is 8.01. The molecule has 12 heteroatoms. The third-order valence-electron chi connectivity index (χ3n) is 9.58. The van der Waals surface area contributed by atoms with E-state index < -0.39 is 26.4 Å². The van der Waals surface area contributed by atoms with Gasteiger partial charge in [-0.15, -0.1) is 0 Å². The zero-order valence-corrected chi connectivity index (χ0v) is 31.4. The number of fused-ring (bicyclic) bond motifs is 2. The molecule has 0 spiro atoms. The number of nitrogens with zero attached hydrogens (tertiary/aromatic N) is 2. The van der Waals surface area contributed by atoms with Crippen molar-refractivity contribution in [2.45, 2.75) is 103 Å². The van der Waals surface area contributed by atoms with Crippen LogP contribution in [0.1, 0.15) is 46.1 Å². The fraction of sp³-hybridized carbons (Fsp3) is 0.595. The normalized spacial score (nSPS) is 22.9. The Kier molecular flexibility index (Phi) is 10.5. The van der Waals surface area contributed by atoms with E-state index in [0.717, 1.165) is 41.0 Å². The zero-order chi connectivity index (χ0) is 35.1. The average molecular weight is 713 g/mol. The molecule has 2 saturated heterocycles. The molecule has 6 rings (SSSR count). The van der Waals surface area contributed by atoms with Gasteiger partial charge < -0.3 is 28.4 Å². The summed E-state index contributed by atoms with van der Waals surface area (Å²) < 4.78 is 38.1. The van der Waals surface area contributed by atoms with E-state index in [1.165, 1.54) is 0 Å². The van der Waals surface area contributed by atoms with Crippen molar-refractivity contribution in [3.8, 4) is 17.1 Å². The maximum absolute atomic E-state index is 12.3. The van der Waals surface area contributed by atoms with Crippen molar-refractivity contribution >= 4 is 42.6 Å². The van der Waals surface area contributed by atoms with E-state index in [1.807, 2.05) is 42.7 Å². The summed E-state index contributed by atoms with van der Waals surface area (Å²) in [6.07, 6.45) is 0.331. The number of rotatable bonds is 14. The van der Waals surface area contributed by atoms with Crippen LogP contribution in [0.25, 0.3) is 22.3 Å². The number of esters is 2. The number of halogens is 1. The number of hydrogen-bond acceptors (Lipinski definition) is 9. The minimum atomic E-state index is -1.29. The molecule has 0 amide bonds. The Morgan fingerprint density at radius 2 is 1.63 bits per heavy atom. The standard InChI is InChI=1S/C37H49ClN2O8Si/c1-22(2)35(41)46-20-37(12-13-37)25-10-8-24(9-11-25)32-26(38)16-28-27(39-32)17-31(40(28)21-43-14-15-49(5,6)7)47-29-18-44-34-30(19-45-33(29)34)48-36(42)23(3)4/h8-11,16-17,22-23,29-30,33-34H,12-15,18-21H2,1-7H3/t29-,30-,33-,34-/m1/s1. The highest BCUT2D eigenvalue weighted by atomic mass is 35.5. The zero-order valence-electron chi connectivity index (χ0n) is 29.6. The molecule has 49 heavy (non-hydrogen) atoms. The lowest BCUT2D eigenvalue weighted by molar-refractivity contribution is -0.157. The van der Waals surface area contributed by atoms with E-state index in [1.54, 1.807) is 13.8 Å². The molecular formula is C37H49ClN2O8Si. The summed E-state index contributed by atoms with van der Waals surface area (Å²) in [7, 11) is -1.29. The Morgan fingerprint density at radius 1 is 0.980 bits per heavy atom. The fourth-order valence-corrected chi connectivity index (χ4v) is 7.20. The first-order chi connectivity index (χ1) is 23.2. The molecule has 4 atom stereocenters. The van der Waals surface area contributed by atoms with E-state index in [9.17, 15) is 9.59 Å². The van der Waals surface area contributed by atoms with Gasteiger partial charge in [-0.3, -0.25) is 14.2 Å². The van der Waals surface area contributed by atoms with Crippen molar-refractivity contribution < 1.29 is 38.0 Å². The molecule has 3 fully saturated rings. The van der Waals surface area contributed by atoms with Gasteiger partial charge in [-0.05, 0) is 30.5 Å². The highest BCUT2D eigenvalue weighted by Crippen LogP contribution is 2.49.